The molecule has 1 aliphatic carbocycles. The van der Waals surface area contributed by atoms with E-state index in [4.69, 9.17) is 33.5 Å². The van der Waals surface area contributed by atoms with Crippen LogP contribution in [0.1, 0.15) is 47.8 Å². The normalized spacial score (nSPS) is 20.3. The van der Waals surface area contributed by atoms with E-state index < -0.39 is 12.3 Å². The van der Waals surface area contributed by atoms with E-state index in [1.807, 2.05) is 13.0 Å². The van der Waals surface area contributed by atoms with Gasteiger partial charge in [0.05, 0.1) is 23.7 Å². The number of nitrogens with zero attached hydrogens (tertiary/aromatic N) is 3. The van der Waals surface area contributed by atoms with Crippen LogP contribution in [0.4, 0.5) is 4.79 Å². The molecule has 1 aromatic carbocycles. The lowest BCUT2D eigenvalue weighted by Crippen LogP contribution is -2.60. The number of amides is 2. The third-order valence-corrected chi connectivity index (χ3v) is 6.84. The highest BCUT2D eigenvalue weighted by Crippen LogP contribution is 2.35. The summed E-state index contributed by atoms with van der Waals surface area (Å²) < 4.78 is 5.18. The maximum atomic E-state index is 13.2. The number of benzene rings is 1. The standard InChI is InChI=1S/C25H29ClN4O3/c1-3-5-16-6-8-18-20(13-16)28-21-14-17(7-9-19(21)23(18)26)24(31)29-10-11-30(22(27)15-29)25(32)33-12-4-2/h1,7,9,14,16,22H,4-6,8,10-13,15,27H2,2H3/t16?,22-/m0/s1. The fourth-order valence-corrected chi connectivity index (χ4v) is 4.97. The molecule has 1 saturated heterocycles. The van der Waals surface area contributed by atoms with Crippen molar-refractivity contribution in [2.45, 2.75) is 45.2 Å². The molecule has 33 heavy (non-hydrogen) atoms. The Hall–Kier alpha value is -2.82. The highest BCUT2D eigenvalue weighted by molar-refractivity contribution is 6.36. The molecule has 1 aromatic heterocycles. The Labute approximate surface area is 199 Å². The van der Waals surface area contributed by atoms with Gasteiger partial charge in [-0.3, -0.25) is 14.7 Å². The fourth-order valence-electron chi connectivity index (χ4n) is 4.61. The van der Waals surface area contributed by atoms with Crippen LogP contribution in [-0.4, -0.2) is 59.2 Å². The number of fused-ring (bicyclic) bond motifs is 2. The van der Waals surface area contributed by atoms with Gasteiger partial charge in [0, 0.05) is 36.2 Å². The molecular formula is C25H29ClN4O3. The summed E-state index contributed by atoms with van der Waals surface area (Å²) in [5.41, 5.74) is 9.47. The summed E-state index contributed by atoms with van der Waals surface area (Å²) in [6.07, 6.45) is 8.61. The molecule has 0 spiro atoms. The Kier molecular flexibility index (Phi) is 7.06. The molecule has 7 nitrogen and oxygen atoms in total. The van der Waals surface area contributed by atoms with E-state index in [0.29, 0.717) is 36.7 Å². The number of rotatable bonds is 4. The Balaban J connectivity index is 1.52. The van der Waals surface area contributed by atoms with Gasteiger partial charge >= 0.3 is 6.09 Å². The topological polar surface area (TPSA) is 88.8 Å². The van der Waals surface area contributed by atoms with Gasteiger partial charge < -0.3 is 15.4 Å². The zero-order valence-corrected chi connectivity index (χ0v) is 19.6. The second kappa shape index (κ2) is 9.98. The zero-order valence-electron chi connectivity index (χ0n) is 18.8. The van der Waals surface area contributed by atoms with E-state index in [2.05, 4.69) is 5.92 Å². The first-order valence-electron chi connectivity index (χ1n) is 11.5. The van der Waals surface area contributed by atoms with E-state index in [0.717, 1.165) is 53.8 Å². The number of hydrogen-bond acceptors (Lipinski definition) is 5. The SMILES string of the molecule is C#CCC1CCc2c(nc3cc(C(=O)N4CCN(C(=O)OCCC)[C@H](N)C4)ccc3c2Cl)C1. The van der Waals surface area contributed by atoms with E-state index in [9.17, 15) is 9.59 Å². The number of hydrogen-bond donors (Lipinski definition) is 1. The van der Waals surface area contributed by atoms with Crippen LogP contribution in [0.25, 0.3) is 10.9 Å². The maximum Gasteiger partial charge on any atom is 0.411 e. The van der Waals surface area contributed by atoms with Crippen molar-refractivity contribution < 1.29 is 14.3 Å². The van der Waals surface area contributed by atoms with E-state index in [1.54, 1.807) is 17.0 Å². The number of ether oxygens (including phenoxy) is 1. The van der Waals surface area contributed by atoms with E-state index in [-0.39, 0.29) is 12.5 Å². The molecule has 0 saturated carbocycles. The molecule has 4 rings (SSSR count). The first-order chi connectivity index (χ1) is 15.9. The maximum absolute atomic E-state index is 13.2. The molecule has 2 heterocycles. The molecule has 2 aliphatic rings. The summed E-state index contributed by atoms with van der Waals surface area (Å²) in [7, 11) is 0. The number of carbonyl (C=O) groups excluding carboxylic acids is 2. The lowest BCUT2D eigenvalue weighted by atomic mass is 9.84. The van der Waals surface area contributed by atoms with Crippen molar-refractivity contribution >= 4 is 34.5 Å². The Bertz CT molecular complexity index is 1110. The summed E-state index contributed by atoms with van der Waals surface area (Å²) in [4.78, 5) is 33.4. The average Bonchev–Trinajstić information content (AvgIpc) is 2.82. The van der Waals surface area contributed by atoms with Crippen molar-refractivity contribution in [3.63, 3.8) is 0 Å². The molecule has 0 bridgehead atoms. The largest absolute Gasteiger partial charge is 0.449 e. The van der Waals surface area contributed by atoms with Crippen LogP contribution in [0.5, 0.6) is 0 Å². The highest BCUT2D eigenvalue weighted by Gasteiger charge is 2.32. The molecule has 174 valence electrons. The van der Waals surface area contributed by atoms with Crippen molar-refractivity contribution in [2.75, 3.05) is 26.2 Å². The third kappa shape index (κ3) is 4.78. The lowest BCUT2D eigenvalue weighted by molar-refractivity contribution is 0.0390. The van der Waals surface area contributed by atoms with E-state index in [1.165, 1.54) is 4.90 Å². The lowest BCUT2D eigenvalue weighted by Gasteiger charge is -2.38. The van der Waals surface area contributed by atoms with Gasteiger partial charge in [-0.25, -0.2) is 4.79 Å². The van der Waals surface area contributed by atoms with Gasteiger partial charge in [-0.1, -0.05) is 24.6 Å². The van der Waals surface area contributed by atoms with Crippen molar-refractivity contribution in [2.24, 2.45) is 11.7 Å². The minimum absolute atomic E-state index is 0.144. The van der Waals surface area contributed by atoms with Crippen molar-refractivity contribution in [3.8, 4) is 12.3 Å². The number of nitrogens with two attached hydrogens (primary N) is 1. The van der Waals surface area contributed by atoms with Crippen molar-refractivity contribution in [1.82, 2.24) is 14.8 Å². The third-order valence-electron chi connectivity index (χ3n) is 6.41. The van der Waals surface area contributed by atoms with Crippen LogP contribution in [0.3, 0.4) is 0 Å². The predicted molar refractivity (Wildman–Crippen MR) is 128 cm³/mol. The molecule has 8 heteroatoms. The Morgan fingerprint density at radius 2 is 2.18 bits per heavy atom. The van der Waals surface area contributed by atoms with Gasteiger partial charge in [-0.2, -0.15) is 0 Å². The Morgan fingerprint density at radius 3 is 2.91 bits per heavy atom. The minimum Gasteiger partial charge on any atom is -0.449 e. The fraction of sp³-hybridized carbons (Fsp3) is 0.480. The van der Waals surface area contributed by atoms with E-state index >= 15 is 0 Å². The summed E-state index contributed by atoms with van der Waals surface area (Å²) in [6.45, 7) is 3.24. The van der Waals surface area contributed by atoms with Crippen LogP contribution in [-0.2, 0) is 17.6 Å². The monoisotopic (exact) mass is 468 g/mol. The van der Waals surface area contributed by atoms with Crippen LogP contribution in [0.2, 0.25) is 5.02 Å². The first kappa shape index (κ1) is 23.3. The number of aromatic nitrogens is 1. The van der Waals surface area contributed by atoms with Crippen molar-refractivity contribution in [3.05, 3.63) is 40.0 Å². The van der Waals surface area contributed by atoms with Crippen LogP contribution in [0.15, 0.2) is 18.2 Å². The number of carbonyl (C=O) groups is 2. The molecule has 2 N–H and O–H groups in total. The molecule has 1 fully saturated rings. The summed E-state index contributed by atoms with van der Waals surface area (Å²) in [5, 5.41) is 1.57. The first-order valence-corrected chi connectivity index (χ1v) is 11.8. The molecule has 2 atom stereocenters. The van der Waals surface area contributed by atoms with Gasteiger partial charge in [0.15, 0.2) is 0 Å². The van der Waals surface area contributed by atoms with Gasteiger partial charge in [0.1, 0.15) is 6.17 Å². The predicted octanol–water partition coefficient (Wildman–Crippen LogP) is 3.61. The van der Waals surface area contributed by atoms with Crippen LogP contribution in [0, 0.1) is 18.3 Å². The second-order valence-corrected chi connectivity index (χ2v) is 9.10. The average molecular weight is 469 g/mol. The number of pyridine rings is 1. The van der Waals surface area contributed by atoms with Gasteiger partial charge in [0.25, 0.3) is 5.91 Å². The summed E-state index contributed by atoms with van der Waals surface area (Å²) >= 11 is 6.72. The van der Waals surface area contributed by atoms with Gasteiger partial charge in [-0.05, 0) is 49.3 Å². The number of piperazine rings is 1. The molecule has 0 radical (unpaired) electrons. The molecule has 2 amide bonds. The molecule has 1 aliphatic heterocycles. The quantitative estimate of drug-likeness (QED) is 0.692. The molecular weight excluding hydrogens is 440 g/mol. The second-order valence-electron chi connectivity index (χ2n) is 8.73. The van der Waals surface area contributed by atoms with Crippen LogP contribution < -0.4 is 5.73 Å². The van der Waals surface area contributed by atoms with Gasteiger partial charge in [-0.15, -0.1) is 12.3 Å². The summed E-state index contributed by atoms with van der Waals surface area (Å²) in [6, 6.07) is 5.44. The summed E-state index contributed by atoms with van der Waals surface area (Å²) in [5.74, 6) is 3.02. The van der Waals surface area contributed by atoms with Crippen molar-refractivity contribution in [1.29, 1.82) is 0 Å². The highest BCUT2D eigenvalue weighted by atomic mass is 35.5. The molecule has 1 unspecified atom stereocenters. The number of terminal acetylenes is 1. The zero-order chi connectivity index (χ0) is 23.5. The Morgan fingerprint density at radius 1 is 1.36 bits per heavy atom. The minimum atomic E-state index is -0.611. The number of halogens is 1. The smallest absolute Gasteiger partial charge is 0.411 e. The van der Waals surface area contributed by atoms with Crippen LogP contribution >= 0.6 is 11.6 Å². The van der Waals surface area contributed by atoms with Gasteiger partial charge in [0.2, 0.25) is 0 Å². The molecule has 2 aromatic rings.